The van der Waals surface area contributed by atoms with E-state index in [1.807, 2.05) is 0 Å². The summed E-state index contributed by atoms with van der Waals surface area (Å²) in [7, 11) is 0. The van der Waals surface area contributed by atoms with Gasteiger partial charge in [-0.25, -0.2) is 5.43 Å². The van der Waals surface area contributed by atoms with E-state index < -0.39 is 0 Å². The minimum absolute atomic E-state index is 0.670. The van der Waals surface area contributed by atoms with Gasteiger partial charge in [0.25, 0.3) is 0 Å². The Bertz CT molecular complexity index is 152. The third-order valence-corrected chi connectivity index (χ3v) is 3.48. The fourth-order valence-corrected chi connectivity index (χ4v) is 2.67. The SMILES string of the molecule is NN1CCC(C2CCCCCC2)N1. The summed E-state index contributed by atoms with van der Waals surface area (Å²) in [5.74, 6) is 6.58. The average molecular weight is 183 g/mol. The molecule has 1 heterocycles. The molecule has 1 unspecified atom stereocenters. The Hall–Kier alpha value is -0.120. The predicted octanol–water partition coefficient (Wildman–Crippen LogP) is 1.41. The third kappa shape index (κ3) is 2.42. The molecule has 2 aliphatic rings. The van der Waals surface area contributed by atoms with Crippen LogP contribution in [0.2, 0.25) is 0 Å². The molecule has 0 aromatic carbocycles. The van der Waals surface area contributed by atoms with Crippen molar-refractivity contribution in [3.8, 4) is 0 Å². The molecule has 76 valence electrons. The third-order valence-electron chi connectivity index (χ3n) is 3.48. The minimum Gasteiger partial charge on any atom is -0.255 e. The summed E-state index contributed by atoms with van der Waals surface area (Å²) in [4.78, 5) is 0. The lowest BCUT2D eigenvalue weighted by molar-refractivity contribution is 0.211. The molecule has 1 atom stereocenters. The fraction of sp³-hybridized carbons (Fsp3) is 1.00. The number of nitrogens with two attached hydrogens (primary N) is 1. The molecule has 2 rings (SSSR count). The van der Waals surface area contributed by atoms with Gasteiger partial charge in [-0.15, -0.1) is 0 Å². The Balaban J connectivity index is 1.84. The summed E-state index contributed by atoms with van der Waals surface area (Å²) in [6.45, 7) is 1.02. The van der Waals surface area contributed by atoms with Crippen LogP contribution in [0.3, 0.4) is 0 Å². The highest BCUT2D eigenvalue weighted by atomic mass is 15.7. The zero-order valence-electron chi connectivity index (χ0n) is 8.34. The number of rotatable bonds is 1. The van der Waals surface area contributed by atoms with Gasteiger partial charge in [-0.05, 0) is 25.2 Å². The van der Waals surface area contributed by atoms with Crippen molar-refractivity contribution < 1.29 is 0 Å². The van der Waals surface area contributed by atoms with Crippen molar-refractivity contribution >= 4 is 0 Å². The van der Waals surface area contributed by atoms with Crippen LogP contribution in [0.1, 0.15) is 44.9 Å². The molecule has 0 spiro atoms. The second-order valence-electron chi connectivity index (χ2n) is 4.47. The van der Waals surface area contributed by atoms with Crippen LogP contribution < -0.4 is 11.3 Å². The molecule has 1 saturated heterocycles. The van der Waals surface area contributed by atoms with Crippen LogP contribution in [0.4, 0.5) is 0 Å². The summed E-state index contributed by atoms with van der Waals surface area (Å²) < 4.78 is 0. The molecule has 0 radical (unpaired) electrons. The van der Waals surface area contributed by atoms with E-state index in [9.17, 15) is 0 Å². The first kappa shape index (κ1) is 9.44. The van der Waals surface area contributed by atoms with Crippen molar-refractivity contribution in [3.63, 3.8) is 0 Å². The Morgan fingerprint density at radius 3 is 2.23 bits per heavy atom. The highest BCUT2D eigenvalue weighted by Crippen LogP contribution is 2.28. The van der Waals surface area contributed by atoms with Crippen LogP contribution in [0, 0.1) is 5.92 Å². The van der Waals surface area contributed by atoms with Crippen molar-refractivity contribution in [2.75, 3.05) is 6.54 Å². The van der Waals surface area contributed by atoms with Crippen LogP contribution in [-0.4, -0.2) is 17.7 Å². The van der Waals surface area contributed by atoms with Gasteiger partial charge in [0.2, 0.25) is 0 Å². The van der Waals surface area contributed by atoms with E-state index in [2.05, 4.69) is 5.43 Å². The van der Waals surface area contributed by atoms with Gasteiger partial charge in [0, 0.05) is 12.6 Å². The summed E-state index contributed by atoms with van der Waals surface area (Å²) in [6, 6.07) is 0.670. The predicted molar refractivity (Wildman–Crippen MR) is 53.6 cm³/mol. The zero-order valence-corrected chi connectivity index (χ0v) is 8.34. The van der Waals surface area contributed by atoms with E-state index in [1.54, 1.807) is 5.12 Å². The lowest BCUT2D eigenvalue weighted by Gasteiger charge is -2.22. The Morgan fingerprint density at radius 1 is 1.00 bits per heavy atom. The molecule has 3 N–H and O–H groups in total. The average Bonchev–Trinajstić information content (AvgIpc) is 2.43. The Morgan fingerprint density at radius 2 is 1.69 bits per heavy atom. The smallest absolute Gasteiger partial charge is 0.0301 e. The molecule has 13 heavy (non-hydrogen) atoms. The first-order valence-corrected chi connectivity index (χ1v) is 5.64. The molecule has 1 saturated carbocycles. The lowest BCUT2D eigenvalue weighted by atomic mass is 9.91. The largest absolute Gasteiger partial charge is 0.255 e. The number of hydrogen-bond donors (Lipinski definition) is 2. The van der Waals surface area contributed by atoms with Crippen LogP contribution in [-0.2, 0) is 0 Å². The van der Waals surface area contributed by atoms with Crippen LogP contribution >= 0.6 is 0 Å². The number of nitrogens with one attached hydrogen (secondary N) is 1. The van der Waals surface area contributed by atoms with Crippen molar-refractivity contribution in [1.82, 2.24) is 10.5 Å². The number of hydrogen-bond acceptors (Lipinski definition) is 3. The van der Waals surface area contributed by atoms with E-state index in [0.29, 0.717) is 6.04 Å². The Kier molecular flexibility index (Phi) is 3.19. The van der Waals surface area contributed by atoms with E-state index in [4.69, 9.17) is 5.84 Å². The summed E-state index contributed by atoms with van der Waals surface area (Å²) in [5.41, 5.74) is 3.36. The summed E-state index contributed by atoms with van der Waals surface area (Å²) in [6.07, 6.45) is 9.78. The highest BCUT2D eigenvalue weighted by Gasteiger charge is 2.27. The molecule has 0 amide bonds. The van der Waals surface area contributed by atoms with E-state index in [0.717, 1.165) is 12.5 Å². The standard InChI is InChI=1S/C10H21N3/c11-13-8-7-10(12-13)9-5-3-1-2-4-6-9/h9-10,12H,1-8,11H2. The molecular formula is C10H21N3. The van der Waals surface area contributed by atoms with Gasteiger partial charge in [-0.1, -0.05) is 25.7 Å². The normalized spacial score (nSPS) is 33.5. The lowest BCUT2D eigenvalue weighted by Crippen LogP contribution is -2.43. The van der Waals surface area contributed by atoms with Gasteiger partial charge >= 0.3 is 0 Å². The van der Waals surface area contributed by atoms with Gasteiger partial charge in [0.15, 0.2) is 0 Å². The van der Waals surface area contributed by atoms with E-state index in [1.165, 1.54) is 44.9 Å². The van der Waals surface area contributed by atoms with Crippen molar-refractivity contribution in [2.24, 2.45) is 11.8 Å². The molecule has 1 aliphatic carbocycles. The summed E-state index contributed by atoms with van der Waals surface area (Å²) >= 11 is 0. The van der Waals surface area contributed by atoms with E-state index >= 15 is 0 Å². The first-order chi connectivity index (χ1) is 6.36. The molecular weight excluding hydrogens is 162 g/mol. The van der Waals surface area contributed by atoms with Crippen LogP contribution in [0.5, 0.6) is 0 Å². The fourth-order valence-electron chi connectivity index (χ4n) is 2.67. The quantitative estimate of drug-likeness (QED) is 0.477. The number of nitrogens with zero attached hydrogens (tertiary/aromatic N) is 1. The number of hydrazine groups is 2. The van der Waals surface area contributed by atoms with E-state index in [-0.39, 0.29) is 0 Å². The van der Waals surface area contributed by atoms with Gasteiger partial charge in [-0.3, -0.25) is 5.84 Å². The summed E-state index contributed by atoms with van der Waals surface area (Å²) in [5, 5.41) is 1.76. The zero-order chi connectivity index (χ0) is 9.10. The molecule has 1 aliphatic heterocycles. The van der Waals surface area contributed by atoms with Crippen LogP contribution in [0.15, 0.2) is 0 Å². The van der Waals surface area contributed by atoms with Crippen molar-refractivity contribution in [3.05, 3.63) is 0 Å². The van der Waals surface area contributed by atoms with Crippen molar-refractivity contribution in [2.45, 2.75) is 51.0 Å². The van der Waals surface area contributed by atoms with Gasteiger partial charge in [0.05, 0.1) is 0 Å². The molecule has 0 bridgehead atoms. The molecule has 3 heteroatoms. The molecule has 2 fully saturated rings. The van der Waals surface area contributed by atoms with Crippen molar-refractivity contribution in [1.29, 1.82) is 0 Å². The molecule has 0 aromatic heterocycles. The highest BCUT2D eigenvalue weighted by molar-refractivity contribution is 4.81. The maximum absolute atomic E-state index is 5.69. The van der Waals surface area contributed by atoms with Crippen LogP contribution in [0.25, 0.3) is 0 Å². The molecule has 0 aromatic rings. The Labute approximate surface area is 80.6 Å². The maximum atomic E-state index is 5.69. The second-order valence-corrected chi connectivity index (χ2v) is 4.47. The monoisotopic (exact) mass is 183 g/mol. The molecule has 3 nitrogen and oxygen atoms in total. The van der Waals surface area contributed by atoms with Gasteiger partial charge in [-0.2, -0.15) is 5.12 Å². The topological polar surface area (TPSA) is 41.3 Å². The minimum atomic E-state index is 0.670. The van der Waals surface area contributed by atoms with Gasteiger partial charge in [0.1, 0.15) is 0 Å². The first-order valence-electron chi connectivity index (χ1n) is 5.64. The maximum Gasteiger partial charge on any atom is 0.0301 e. The van der Waals surface area contributed by atoms with Gasteiger partial charge < -0.3 is 0 Å². The second kappa shape index (κ2) is 4.40.